The molecule has 2 rings (SSSR count). The number of benzene rings is 1. The van der Waals surface area contributed by atoms with E-state index in [1.165, 1.54) is 0 Å². The molecule has 3 N–H and O–H groups in total. The van der Waals surface area contributed by atoms with E-state index in [2.05, 4.69) is 5.32 Å². The van der Waals surface area contributed by atoms with Gasteiger partial charge in [0, 0.05) is 18.9 Å². The van der Waals surface area contributed by atoms with E-state index in [1.807, 2.05) is 0 Å². The van der Waals surface area contributed by atoms with Gasteiger partial charge in [-0.15, -0.1) is 0 Å². The van der Waals surface area contributed by atoms with Crippen molar-refractivity contribution in [1.82, 2.24) is 0 Å². The molecule has 1 aliphatic heterocycles. The zero-order valence-corrected chi connectivity index (χ0v) is 9.44. The van der Waals surface area contributed by atoms with Crippen LogP contribution < -0.4 is 10.8 Å². The molecule has 0 saturated carbocycles. The number of carbonyl (C=O) groups is 1. The zero-order chi connectivity index (χ0) is 12.5. The lowest BCUT2D eigenvalue weighted by molar-refractivity contribution is -0.122. The Bertz CT molecular complexity index is 441. The van der Waals surface area contributed by atoms with E-state index in [-0.39, 0.29) is 19.1 Å². The van der Waals surface area contributed by atoms with Crippen molar-refractivity contribution in [3.63, 3.8) is 0 Å². The minimum atomic E-state index is -0.827. The molecule has 88 valence electrons. The number of carbonyl (C=O) groups excluding carboxylic acids is 1. The standard InChI is InChI=1S/C12H14BNO3/c13-8-1-2-9-10(7-8)14-11(17)12(9,3-5-15)4-6-16/h1-2,7,15-16H,3-6H2,(H,14,17). The first-order valence-corrected chi connectivity index (χ1v) is 5.57. The number of aliphatic hydroxyl groups excluding tert-OH is 2. The Morgan fingerprint density at radius 1 is 1.24 bits per heavy atom. The van der Waals surface area contributed by atoms with Crippen LogP contribution in [0.1, 0.15) is 18.4 Å². The quantitative estimate of drug-likeness (QED) is 0.608. The van der Waals surface area contributed by atoms with Crippen LogP contribution in [0.5, 0.6) is 0 Å². The zero-order valence-electron chi connectivity index (χ0n) is 9.44. The average Bonchev–Trinajstić information content (AvgIpc) is 2.53. The fourth-order valence-corrected chi connectivity index (χ4v) is 2.45. The summed E-state index contributed by atoms with van der Waals surface area (Å²) in [6.07, 6.45) is 0.604. The van der Waals surface area contributed by atoms with Crippen LogP contribution in [0.15, 0.2) is 18.2 Å². The van der Waals surface area contributed by atoms with E-state index in [0.717, 1.165) is 5.56 Å². The second kappa shape index (κ2) is 4.51. The maximum Gasteiger partial charge on any atom is 0.235 e. The minimum absolute atomic E-state index is 0.1000. The van der Waals surface area contributed by atoms with E-state index in [4.69, 9.17) is 18.1 Å². The number of nitrogens with one attached hydrogen (secondary N) is 1. The van der Waals surface area contributed by atoms with E-state index in [0.29, 0.717) is 24.0 Å². The number of hydrogen-bond acceptors (Lipinski definition) is 3. The third-order valence-electron chi connectivity index (χ3n) is 3.32. The molecule has 1 aromatic rings. The molecular formula is C12H14BNO3. The molecule has 0 aliphatic carbocycles. The molecule has 2 radical (unpaired) electrons. The van der Waals surface area contributed by atoms with E-state index in [1.54, 1.807) is 18.2 Å². The van der Waals surface area contributed by atoms with Gasteiger partial charge in [-0.3, -0.25) is 4.79 Å². The summed E-state index contributed by atoms with van der Waals surface area (Å²) >= 11 is 0. The fraction of sp³-hybridized carbons (Fsp3) is 0.417. The minimum Gasteiger partial charge on any atom is -0.396 e. The molecule has 0 atom stereocenters. The first-order chi connectivity index (χ1) is 8.14. The van der Waals surface area contributed by atoms with Crippen LogP contribution in [0.2, 0.25) is 0 Å². The van der Waals surface area contributed by atoms with Gasteiger partial charge in [0.25, 0.3) is 0 Å². The number of aliphatic hydroxyl groups is 2. The lowest BCUT2D eigenvalue weighted by Crippen LogP contribution is -2.36. The van der Waals surface area contributed by atoms with E-state index < -0.39 is 5.41 Å². The first kappa shape index (κ1) is 12.1. The molecule has 17 heavy (non-hydrogen) atoms. The van der Waals surface area contributed by atoms with Gasteiger partial charge in [-0.2, -0.15) is 0 Å². The number of fused-ring (bicyclic) bond motifs is 1. The highest BCUT2D eigenvalue weighted by molar-refractivity contribution is 6.33. The summed E-state index contributed by atoms with van der Waals surface area (Å²) in [4.78, 5) is 12.1. The topological polar surface area (TPSA) is 69.6 Å². The van der Waals surface area contributed by atoms with Gasteiger partial charge >= 0.3 is 0 Å². The lowest BCUT2D eigenvalue weighted by Gasteiger charge is -2.25. The predicted octanol–water partition coefficient (Wildman–Crippen LogP) is -0.565. The van der Waals surface area contributed by atoms with Gasteiger partial charge in [-0.05, 0) is 24.5 Å². The molecule has 0 bridgehead atoms. The second-order valence-corrected chi connectivity index (χ2v) is 4.29. The summed E-state index contributed by atoms with van der Waals surface area (Å²) in [5, 5.41) is 21.0. The Hall–Kier alpha value is -1.33. The molecule has 1 aliphatic rings. The maximum atomic E-state index is 12.1. The predicted molar refractivity (Wildman–Crippen MR) is 65.5 cm³/mol. The third kappa shape index (κ3) is 1.85. The molecule has 1 heterocycles. The molecule has 0 saturated heterocycles. The van der Waals surface area contributed by atoms with Crippen molar-refractivity contribution in [2.45, 2.75) is 18.3 Å². The van der Waals surface area contributed by atoms with Crippen molar-refractivity contribution < 1.29 is 15.0 Å². The Morgan fingerprint density at radius 2 is 1.88 bits per heavy atom. The van der Waals surface area contributed by atoms with Gasteiger partial charge in [0.05, 0.1) is 5.41 Å². The largest absolute Gasteiger partial charge is 0.396 e. The molecule has 1 amide bonds. The van der Waals surface area contributed by atoms with Gasteiger partial charge in [0.1, 0.15) is 7.85 Å². The van der Waals surface area contributed by atoms with Crippen molar-refractivity contribution in [2.75, 3.05) is 18.5 Å². The molecule has 0 spiro atoms. The molecule has 1 aromatic carbocycles. The van der Waals surface area contributed by atoms with Gasteiger partial charge in [-0.25, -0.2) is 0 Å². The van der Waals surface area contributed by atoms with Crippen LogP contribution in [-0.4, -0.2) is 37.2 Å². The SMILES string of the molecule is [B]c1ccc2c(c1)NC(=O)C2(CCO)CCO. The van der Waals surface area contributed by atoms with Crippen LogP contribution in [0.25, 0.3) is 0 Å². The maximum absolute atomic E-state index is 12.1. The number of hydrogen-bond donors (Lipinski definition) is 3. The van der Waals surface area contributed by atoms with Gasteiger partial charge in [-0.1, -0.05) is 17.6 Å². The fourth-order valence-electron chi connectivity index (χ4n) is 2.45. The van der Waals surface area contributed by atoms with Crippen molar-refractivity contribution in [3.05, 3.63) is 23.8 Å². The molecule has 4 nitrogen and oxygen atoms in total. The molecule has 0 unspecified atom stereocenters. The lowest BCUT2D eigenvalue weighted by atomic mass is 9.75. The van der Waals surface area contributed by atoms with Crippen molar-refractivity contribution >= 4 is 24.9 Å². The molecule has 0 aromatic heterocycles. The van der Waals surface area contributed by atoms with Crippen LogP contribution in [0.3, 0.4) is 0 Å². The summed E-state index contributed by atoms with van der Waals surface area (Å²) in [5.41, 5.74) is 1.23. The highest BCUT2D eigenvalue weighted by Gasteiger charge is 2.45. The summed E-state index contributed by atoms with van der Waals surface area (Å²) in [7, 11) is 5.66. The second-order valence-electron chi connectivity index (χ2n) is 4.29. The Kier molecular flexibility index (Phi) is 3.22. The molecule has 5 heteroatoms. The highest BCUT2D eigenvalue weighted by atomic mass is 16.3. The first-order valence-electron chi connectivity index (χ1n) is 5.57. The Balaban J connectivity index is 2.50. The van der Waals surface area contributed by atoms with Crippen LogP contribution in [0.4, 0.5) is 5.69 Å². The van der Waals surface area contributed by atoms with Crippen LogP contribution in [0, 0.1) is 0 Å². The molecular weight excluding hydrogens is 217 g/mol. The summed E-state index contributed by atoms with van der Waals surface area (Å²) < 4.78 is 0. The third-order valence-corrected chi connectivity index (χ3v) is 3.32. The van der Waals surface area contributed by atoms with Crippen molar-refractivity contribution in [1.29, 1.82) is 0 Å². The van der Waals surface area contributed by atoms with Gasteiger partial charge in [0.15, 0.2) is 0 Å². The number of amides is 1. The van der Waals surface area contributed by atoms with Crippen LogP contribution in [-0.2, 0) is 10.2 Å². The Labute approximate surface area is 101 Å². The van der Waals surface area contributed by atoms with E-state index in [9.17, 15) is 4.79 Å². The van der Waals surface area contributed by atoms with Crippen molar-refractivity contribution in [2.24, 2.45) is 0 Å². The Morgan fingerprint density at radius 3 is 2.47 bits per heavy atom. The van der Waals surface area contributed by atoms with Crippen molar-refractivity contribution in [3.8, 4) is 0 Å². The highest BCUT2D eigenvalue weighted by Crippen LogP contribution is 2.42. The molecule has 0 fully saturated rings. The number of anilines is 1. The van der Waals surface area contributed by atoms with E-state index >= 15 is 0 Å². The normalized spacial score (nSPS) is 16.7. The summed E-state index contributed by atoms with van der Waals surface area (Å²) in [5.74, 6) is -0.179. The van der Waals surface area contributed by atoms with Gasteiger partial charge < -0.3 is 15.5 Å². The smallest absolute Gasteiger partial charge is 0.235 e. The monoisotopic (exact) mass is 231 g/mol. The summed E-state index contributed by atoms with van der Waals surface area (Å²) in [6, 6.07) is 5.21. The summed E-state index contributed by atoms with van der Waals surface area (Å²) in [6.45, 7) is -0.200. The number of rotatable bonds is 4. The van der Waals surface area contributed by atoms with Gasteiger partial charge in [0.2, 0.25) is 5.91 Å². The average molecular weight is 231 g/mol. The van der Waals surface area contributed by atoms with Crippen LogP contribution >= 0.6 is 0 Å².